The van der Waals surface area contributed by atoms with E-state index >= 15 is 0 Å². The van der Waals surface area contributed by atoms with E-state index in [9.17, 15) is 9.18 Å². The molecule has 4 heterocycles. The Hall–Kier alpha value is -4.05. The van der Waals surface area contributed by atoms with Crippen LogP contribution >= 0.6 is 0 Å². The smallest absolute Gasteiger partial charge is 0.272 e. The number of hydrogen-bond donors (Lipinski definition) is 1. The van der Waals surface area contributed by atoms with E-state index in [1.54, 1.807) is 36.1 Å². The zero-order valence-electron chi connectivity index (χ0n) is 20.8. The number of aryl methyl sites for hydroxylation is 1. The lowest BCUT2D eigenvalue weighted by molar-refractivity contribution is 0.0740. The van der Waals surface area contributed by atoms with Gasteiger partial charge in [-0.2, -0.15) is 5.10 Å². The van der Waals surface area contributed by atoms with Crippen molar-refractivity contribution in [3.8, 4) is 28.7 Å². The number of likely N-dealkylation sites (tertiary alicyclic amines) is 1. The molecule has 1 amide bonds. The standard InChI is InChI=1S/C27H27FN6O3/c1-27(2,29)16-10-20(15-4-6-17(28)7-5-15)31-23(11-16)37-24-18-13-34(14-19(18)24)26(35)22-12-21(32-33(22)3)25-30-8-9-36-25/h4-12,18-19,24H,13-14,29H2,1-3H3/t18-,19+,24-. The van der Waals surface area contributed by atoms with Gasteiger partial charge in [0.05, 0.1) is 11.9 Å². The molecule has 0 unspecified atom stereocenters. The number of carbonyl (C=O) groups excluding carboxylic acids is 1. The second-order valence-electron chi connectivity index (χ2n) is 10.3. The minimum absolute atomic E-state index is 0.0248. The summed E-state index contributed by atoms with van der Waals surface area (Å²) in [6, 6.07) is 11.7. The van der Waals surface area contributed by atoms with Gasteiger partial charge in [0.1, 0.15) is 29.6 Å². The predicted octanol–water partition coefficient (Wildman–Crippen LogP) is 3.62. The summed E-state index contributed by atoms with van der Waals surface area (Å²) < 4.78 is 26.6. The summed E-state index contributed by atoms with van der Waals surface area (Å²) in [6.45, 7) is 5.03. The van der Waals surface area contributed by atoms with E-state index in [2.05, 4.69) is 15.1 Å². The van der Waals surface area contributed by atoms with Gasteiger partial charge in [-0.15, -0.1) is 0 Å². The normalized spacial score (nSPS) is 20.7. The minimum Gasteiger partial charge on any atom is -0.474 e. The van der Waals surface area contributed by atoms with Crippen LogP contribution in [0.25, 0.3) is 22.8 Å². The van der Waals surface area contributed by atoms with Gasteiger partial charge in [-0.1, -0.05) is 0 Å². The number of carbonyl (C=O) groups is 1. The fourth-order valence-electron chi connectivity index (χ4n) is 4.94. The van der Waals surface area contributed by atoms with Crippen LogP contribution in [0.1, 0.15) is 29.9 Å². The van der Waals surface area contributed by atoms with Gasteiger partial charge in [-0.3, -0.25) is 9.48 Å². The van der Waals surface area contributed by atoms with Gasteiger partial charge < -0.3 is 19.8 Å². The first-order valence-electron chi connectivity index (χ1n) is 12.1. The molecule has 2 aliphatic rings. The number of benzene rings is 1. The van der Waals surface area contributed by atoms with Crippen LogP contribution in [-0.4, -0.2) is 49.7 Å². The molecule has 37 heavy (non-hydrogen) atoms. The number of nitrogens with zero attached hydrogens (tertiary/aromatic N) is 5. The van der Waals surface area contributed by atoms with E-state index in [1.165, 1.54) is 18.4 Å². The lowest BCUT2D eigenvalue weighted by Crippen LogP contribution is -2.34. The monoisotopic (exact) mass is 502 g/mol. The number of nitrogens with two attached hydrogens (primary N) is 1. The molecule has 9 nitrogen and oxygen atoms in total. The average Bonchev–Trinajstić information content (AvgIpc) is 3.36. The zero-order chi connectivity index (χ0) is 25.9. The van der Waals surface area contributed by atoms with Gasteiger partial charge in [0.25, 0.3) is 5.91 Å². The molecule has 2 N–H and O–H groups in total. The second-order valence-corrected chi connectivity index (χ2v) is 10.3. The van der Waals surface area contributed by atoms with Crippen molar-refractivity contribution in [1.29, 1.82) is 0 Å². The van der Waals surface area contributed by atoms with Crippen LogP contribution in [0.2, 0.25) is 0 Å². The Kier molecular flexibility index (Phi) is 5.38. The Bertz CT molecular complexity index is 1450. The van der Waals surface area contributed by atoms with E-state index in [0.717, 1.165) is 11.1 Å². The van der Waals surface area contributed by atoms with Gasteiger partial charge in [0.2, 0.25) is 11.8 Å². The van der Waals surface area contributed by atoms with Crippen LogP contribution in [0.5, 0.6) is 5.88 Å². The second kappa shape index (κ2) is 8.52. The first-order valence-corrected chi connectivity index (χ1v) is 12.1. The summed E-state index contributed by atoms with van der Waals surface area (Å²) >= 11 is 0. The van der Waals surface area contributed by atoms with E-state index in [-0.39, 0.29) is 29.7 Å². The number of ether oxygens (including phenoxy) is 1. The van der Waals surface area contributed by atoms with Crippen LogP contribution in [0.15, 0.2) is 59.3 Å². The van der Waals surface area contributed by atoms with E-state index in [4.69, 9.17) is 14.9 Å². The lowest BCUT2D eigenvalue weighted by atomic mass is 9.95. The number of halogens is 1. The molecule has 3 aromatic heterocycles. The highest BCUT2D eigenvalue weighted by atomic mass is 19.1. The van der Waals surface area contributed by atoms with Crippen LogP contribution in [0.4, 0.5) is 4.39 Å². The van der Waals surface area contributed by atoms with Crippen molar-refractivity contribution < 1.29 is 18.3 Å². The summed E-state index contributed by atoms with van der Waals surface area (Å²) in [5.74, 6) is 0.934. The Balaban J connectivity index is 1.16. The molecule has 1 saturated heterocycles. The molecule has 0 radical (unpaired) electrons. The molecule has 10 heteroatoms. The first-order chi connectivity index (χ1) is 17.7. The van der Waals surface area contributed by atoms with Crippen molar-refractivity contribution in [1.82, 2.24) is 24.6 Å². The van der Waals surface area contributed by atoms with Gasteiger partial charge in [0.15, 0.2) is 0 Å². The van der Waals surface area contributed by atoms with E-state index in [0.29, 0.717) is 41.9 Å². The molecule has 1 aliphatic carbocycles. The molecular formula is C27H27FN6O3. The van der Waals surface area contributed by atoms with Crippen molar-refractivity contribution in [3.05, 3.63) is 72.0 Å². The third kappa shape index (κ3) is 4.37. The predicted molar refractivity (Wildman–Crippen MR) is 133 cm³/mol. The number of aromatic nitrogens is 4. The molecule has 6 rings (SSSR count). The number of oxazole rings is 1. The number of pyridine rings is 1. The molecular weight excluding hydrogens is 475 g/mol. The highest BCUT2D eigenvalue weighted by Crippen LogP contribution is 2.48. The van der Waals surface area contributed by atoms with Gasteiger partial charge >= 0.3 is 0 Å². The summed E-state index contributed by atoms with van der Waals surface area (Å²) in [6.07, 6.45) is 2.99. The maximum Gasteiger partial charge on any atom is 0.272 e. The fraction of sp³-hybridized carbons (Fsp3) is 0.333. The lowest BCUT2D eigenvalue weighted by Gasteiger charge is -2.22. The quantitative estimate of drug-likeness (QED) is 0.429. The summed E-state index contributed by atoms with van der Waals surface area (Å²) in [7, 11) is 1.73. The highest BCUT2D eigenvalue weighted by Gasteiger charge is 2.59. The average molecular weight is 503 g/mol. The number of amides is 1. The summed E-state index contributed by atoms with van der Waals surface area (Å²) in [4.78, 5) is 23.8. The van der Waals surface area contributed by atoms with Crippen LogP contribution in [0, 0.1) is 17.7 Å². The fourth-order valence-corrected chi connectivity index (χ4v) is 4.94. The Morgan fingerprint density at radius 2 is 1.86 bits per heavy atom. The number of fused-ring (bicyclic) bond motifs is 1. The number of rotatable bonds is 6. The SMILES string of the molecule is Cn1nc(-c2ncco2)cc1C(=O)N1C[C@@H]2[C@H](C1)[C@@H]2Oc1cc(C(C)(C)N)cc(-c2ccc(F)cc2)n1. The topological polar surface area (TPSA) is 112 Å². The van der Waals surface area contributed by atoms with Gasteiger partial charge in [0, 0.05) is 55.2 Å². The Labute approximate surface area is 213 Å². The molecule has 2 fully saturated rings. The molecule has 0 spiro atoms. The van der Waals surface area contributed by atoms with Crippen molar-refractivity contribution in [2.75, 3.05) is 13.1 Å². The van der Waals surface area contributed by atoms with E-state index < -0.39 is 5.54 Å². The van der Waals surface area contributed by atoms with Crippen molar-refractivity contribution in [2.45, 2.75) is 25.5 Å². The van der Waals surface area contributed by atoms with Gasteiger partial charge in [-0.25, -0.2) is 14.4 Å². The largest absolute Gasteiger partial charge is 0.474 e. The number of piperidine rings is 1. The van der Waals surface area contributed by atoms with Crippen LogP contribution < -0.4 is 10.5 Å². The summed E-state index contributed by atoms with van der Waals surface area (Å²) in [5.41, 5.74) is 9.11. The molecule has 4 aromatic rings. The first kappa shape index (κ1) is 23.4. The molecule has 0 bridgehead atoms. The van der Waals surface area contributed by atoms with E-state index in [1.807, 2.05) is 30.9 Å². The Morgan fingerprint density at radius 3 is 2.51 bits per heavy atom. The van der Waals surface area contributed by atoms with Gasteiger partial charge in [-0.05, 0) is 49.7 Å². The summed E-state index contributed by atoms with van der Waals surface area (Å²) in [5, 5.41) is 4.36. The van der Waals surface area contributed by atoms with Crippen molar-refractivity contribution in [2.24, 2.45) is 24.6 Å². The molecule has 1 aliphatic heterocycles. The maximum absolute atomic E-state index is 13.4. The van der Waals surface area contributed by atoms with Crippen molar-refractivity contribution >= 4 is 5.91 Å². The molecule has 190 valence electrons. The zero-order valence-corrected chi connectivity index (χ0v) is 20.8. The maximum atomic E-state index is 13.4. The molecule has 1 saturated carbocycles. The minimum atomic E-state index is -0.606. The van der Waals surface area contributed by atoms with Crippen molar-refractivity contribution in [3.63, 3.8) is 0 Å². The molecule has 3 atom stereocenters. The Morgan fingerprint density at radius 1 is 1.14 bits per heavy atom. The highest BCUT2D eigenvalue weighted by molar-refractivity contribution is 5.93. The van der Waals surface area contributed by atoms with Crippen LogP contribution in [0.3, 0.4) is 0 Å². The van der Waals surface area contributed by atoms with Crippen LogP contribution in [-0.2, 0) is 12.6 Å². The third-order valence-corrected chi connectivity index (χ3v) is 7.10. The molecule has 1 aromatic carbocycles. The third-order valence-electron chi connectivity index (χ3n) is 7.10. The number of hydrogen-bond acceptors (Lipinski definition) is 7.